The minimum Gasteiger partial charge on any atom is -0.491 e. The Hall–Kier alpha value is -2.40. The van der Waals surface area contributed by atoms with Crippen molar-refractivity contribution in [2.24, 2.45) is 4.99 Å². The second-order valence-electron chi connectivity index (χ2n) is 7.17. The third kappa shape index (κ3) is 3.44. The van der Waals surface area contributed by atoms with Crippen molar-refractivity contribution in [2.75, 3.05) is 26.3 Å². The molecule has 4 rings (SSSR count). The highest BCUT2D eigenvalue weighted by Crippen LogP contribution is 2.34. The number of allylic oxidation sites excluding steroid dienone is 2. The lowest BCUT2D eigenvalue weighted by Crippen LogP contribution is -2.40. The summed E-state index contributed by atoms with van der Waals surface area (Å²) in [7, 11) is 0. The summed E-state index contributed by atoms with van der Waals surface area (Å²) in [6, 6.07) is 5.94. The van der Waals surface area contributed by atoms with Crippen LogP contribution in [0.4, 0.5) is 0 Å². The molecule has 0 unspecified atom stereocenters. The SMILES string of the molecule is CC(C)Oc1ccc2c(c1)/C(=C/C1=CN=C(N3CCOCC3)C1)C(=O)C2. The fourth-order valence-electron chi connectivity index (χ4n) is 3.60. The maximum atomic E-state index is 12.5. The van der Waals surface area contributed by atoms with Crippen LogP contribution in [0.15, 0.2) is 41.0 Å². The maximum Gasteiger partial charge on any atom is 0.167 e. The lowest BCUT2D eigenvalue weighted by atomic mass is 10.0. The van der Waals surface area contributed by atoms with Gasteiger partial charge in [0.15, 0.2) is 5.78 Å². The largest absolute Gasteiger partial charge is 0.491 e. The van der Waals surface area contributed by atoms with Gasteiger partial charge in [-0.05, 0) is 48.8 Å². The van der Waals surface area contributed by atoms with Gasteiger partial charge in [-0.25, -0.2) is 4.99 Å². The molecule has 2 heterocycles. The van der Waals surface area contributed by atoms with Gasteiger partial charge in [-0.15, -0.1) is 0 Å². The zero-order chi connectivity index (χ0) is 18.1. The van der Waals surface area contributed by atoms with E-state index >= 15 is 0 Å². The molecule has 0 aromatic heterocycles. The average Bonchev–Trinajstić information content (AvgIpc) is 3.21. The number of ether oxygens (including phenoxy) is 2. The van der Waals surface area contributed by atoms with Crippen LogP contribution >= 0.6 is 0 Å². The number of nitrogens with zero attached hydrogens (tertiary/aromatic N) is 2. The lowest BCUT2D eigenvalue weighted by Gasteiger charge is -2.28. The third-order valence-electron chi connectivity index (χ3n) is 4.84. The van der Waals surface area contributed by atoms with Crippen molar-refractivity contribution >= 4 is 17.2 Å². The lowest BCUT2D eigenvalue weighted by molar-refractivity contribution is -0.112. The normalized spacial score (nSPS) is 21.3. The zero-order valence-electron chi connectivity index (χ0n) is 15.3. The summed E-state index contributed by atoms with van der Waals surface area (Å²) in [5, 5.41) is 0. The van der Waals surface area contributed by atoms with E-state index in [-0.39, 0.29) is 11.9 Å². The van der Waals surface area contributed by atoms with Crippen molar-refractivity contribution in [3.63, 3.8) is 0 Å². The van der Waals surface area contributed by atoms with Gasteiger partial charge in [-0.2, -0.15) is 0 Å². The van der Waals surface area contributed by atoms with Crippen molar-refractivity contribution in [3.8, 4) is 5.75 Å². The minimum atomic E-state index is 0.111. The molecule has 1 fully saturated rings. The highest BCUT2D eigenvalue weighted by molar-refractivity contribution is 6.26. The summed E-state index contributed by atoms with van der Waals surface area (Å²) < 4.78 is 11.2. The van der Waals surface area contributed by atoms with E-state index in [9.17, 15) is 4.79 Å². The van der Waals surface area contributed by atoms with Crippen LogP contribution in [-0.2, 0) is 16.0 Å². The molecular weight excluding hydrogens is 328 g/mol. The first kappa shape index (κ1) is 17.0. The molecule has 3 aliphatic rings. The molecule has 5 nitrogen and oxygen atoms in total. The molecule has 0 bridgehead atoms. The van der Waals surface area contributed by atoms with Crippen LogP contribution in [0.3, 0.4) is 0 Å². The predicted octanol–water partition coefficient (Wildman–Crippen LogP) is 3.00. The van der Waals surface area contributed by atoms with E-state index in [2.05, 4.69) is 9.89 Å². The summed E-state index contributed by atoms with van der Waals surface area (Å²) in [6.45, 7) is 7.27. The van der Waals surface area contributed by atoms with E-state index in [0.29, 0.717) is 6.42 Å². The van der Waals surface area contributed by atoms with Gasteiger partial charge in [-0.1, -0.05) is 6.07 Å². The van der Waals surface area contributed by atoms with E-state index in [4.69, 9.17) is 9.47 Å². The molecule has 0 spiro atoms. The molecule has 2 aliphatic heterocycles. The highest BCUT2D eigenvalue weighted by atomic mass is 16.5. The minimum absolute atomic E-state index is 0.111. The third-order valence-corrected chi connectivity index (χ3v) is 4.84. The molecule has 1 aromatic carbocycles. The smallest absolute Gasteiger partial charge is 0.167 e. The molecule has 136 valence electrons. The second-order valence-corrected chi connectivity index (χ2v) is 7.17. The Morgan fingerprint density at radius 3 is 2.81 bits per heavy atom. The van der Waals surface area contributed by atoms with Gasteiger partial charge in [0.05, 0.1) is 19.3 Å². The van der Waals surface area contributed by atoms with Crippen molar-refractivity contribution in [2.45, 2.75) is 32.8 Å². The van der Waals surface area contributed by atoms with Crippen molar-refractivity contribution < 1.29 is 14.3 Å². The molecule has 0 radical (unpaired) electrons. The number of hydrogen-bond donors (Lipinski definition) is 0. The van der Waals surface area contributed by atoms with Gasteiger partial charge in [0.25, 0.3) is 0 Å². The van der Waals surface area contributed by atoms with E-state index in [1.807, 2.05) is 44.3 Å². The van der Waals surface area contributed by atoms with Crippen molar-refractivity contribution in [3.05, 3.63) is 47.2 Å². The quantitative estimate of drug-likeness (QED) is 0.785. The number of fused-ring (bicyclic) bond motifs is 1. The number of rotatable bonds is 3. The summed E-state index contributed by atoms with van der Waals surface area (Å²) in [5.74, 6) is 2.05. The summed E-state index contributed by atoms with van der Waals surface area (Å²) >= 11 is 0. The van der Waals surface area contributed by atoms with E-state index < -0.39 is 0 Å². The first-order valence-corrected chi connectivity index (χ1v) is 9.23. The van der Waals surface area contributed by atoms with Crippen LogP contribution in [0, 0.1) is 0 Å². The number of morpholine rings is 1. The fraction of sp³-hybridized carbons (Fsp3) is 0.429. The number of ketones is 1. The van der Waals surface area contributed by atoms with Crippen LogP contribution in [0.25, 0.3) is 5.57 Å². The summed E-state index contributed by atoms with van der Waals surface area (Å²) in [5.41, 5.74) is 3.93. The maximum absolute atomic E-state index is 12.5. The van der Waals surface area contributed by atoms with Crippen LogP contribution < -0.4 is 4.74 Å². The molecule has 0 amide bonds. The van der Waals surface area contributed by atoms with E-state index in [1.54, 1.807) is 0 Å². The first-order chi connectivity index (χ1) is 12.6. The van der Waals surface area contributed by atoms with Gasteiger partial charge in [-0.3, -0.25) is 4.79 Å². The standard InChI is InChI=1S/C21H24N2O3/c1-14(2)26-17-4-3-16-11-20(24)19(18(16)12-17)9-15-10-21(22-13-15)23-5-7-25-8-6-23/h3-4,9,12-14H,5-8,10-11H2,1-2H3/b19-9-. The summed E-state index contributed by atoms with van der Waals surface area (Å²) in [6.07, 6.45) is 5.24. The Balaban J connectivity index is 1.53. The van der Waals surface area contributed by atoms with Gasteiger partial charge < -0.3 is 14.4 Å². The number of carbonyl (C=O) groups is 1. The Morgan fingerprint density at radius 2 is 2.04 bits per heavy atom. The summed E-state index contributed by atoms with van der Waals surface area (Å²) in [4.78, 5) is 19.4. The van der Waals surface area contributed by atoms with Crippen LogP contribution in [-0.4, -0.2) is 48.9 Å². The highest BCUT2D eigenvalue weighted by Gasteiger charge is 2.26. The molecule has 0 N–H and O–H groups in total. The predicted molar refractivity (Wildman–Crippen MR) is 101 cm³/mol. The number of Topliss-reactive ketones (excluding diaryl/α,β-unsaturated/α-hetero) is 1. The zero-order valence-corrected chi connectivity index (χ0v) is 15.3. The Morgan fingerprint density at radius 1 is 1.23 bits per heavy atom. The van der Waals surface area contributed by atoms with E-state index in [1.165, 1.54) is 0 Å². The number of carbonyl (C=O) groups excluding carboxylic acids is 1. The van der Waals surface area contributed by atoms with Crippen molar-refractivity contribution in [1.82, 2.24) is 4.90 Å². The van der Waals surface area contributed by atoms with Crippen LogP contribution in [0.1, 0.15) is 31.4 Å². The number of aliphatic imine (C=N–C) groups is 1. The van der Waals surface area contributed by atoms with Gasteiger partial charge >= 0.3 is 0 Å². The van der Waals surface area contributed by atoms with Gasteiger partial charge in [0, 0.05) is 37.7 Å². The first-order valence-electron chi connectivity index (χ1n) is 9.23. The Bertz CT molecular complexity index is 815. The second kappa shape index (κ2) is 7.08. The molecule has 26 heavy (non-hydrogen) atoms. The molecule has 1 aromatic rings. The Labute approximate surface area is 154 Å². The topological polar surface area (TPSA) is 51.1 Å². The molecule has 5 heteroatoms. The van der Waals surface area contributed by atoms with Gasteiger partial charge in [0.2, 0.25) is 0 Å². The van der Waals surface area contributed by atoms with Crippen LogP contribution in [0.2, 0.25) is 0 Å². The number of amidine groups is 1. The Kier molecular flexibility index (Phi) is 4.64. The molecule has 1 aliphatic carbocycles. The van der Waals surface area contributed by atoms with E-state index in [0.717, 1.165) is 66.6 Å². The van der Waals surface area contributed by atoms with Crippen LogP contribution in [0.5, 0.6) is 5.75 Å². The number of benzene rings is 1. The van der Waals surface area contributed by atoms with Gasteiger partial charge in [0.1, 0.15) is 11.6 Å². The monoisotopic (exact) mass is 352 g/mol. The molecular formula is C21H24N2O3. The molecule has 0 saturated carbocycles. The fourth-order valence-corrected chi connectivity index (χ4v) is 3.60. The van der Waals surface area contributed by atoms with Crippen molar-refractivity contribution in [1.29, 1.82) is 0 Å². The average molecular weight is 352 g/mol. The molecule has 1 saturated heterocycles. The number of hydrogen-bond acceptors (Lipinski definition) is 5. The molecule has 0 atom stereocenters.